The fourth-order valence-corrected chi connectivity index (χ4v) is 2.82. The van der Waals surface area contributed by atoms with E-state index in [9.17, 15) is 0 Å². The molecule has 1 aromatic carbocycles. The molecule has 1 aliphatic heterocycles. The van der Waals surface area contributed by atoms with Crippen LogP contribution in [0.1, 0.15) is 24.3 Å². The van der Waals surface area contributed by atoms with Gasteiger partial charge in [0.05, 0.1) is 6.26 Å². The van der Waals surface area contributed by atoms with Gasteiger partial charge in [-0.1, -0.05) is 27.6 Å². The Kier molecular flexibility index (Phi) is 2.70. The lowest BCUT2D eigenvalue weighted by Crippen LogP contribution is -2.24. The third-order valence-electron chi connectivity index (χ3n) is 3.48. The molecule has 1 aliphatic rings. The monoisotopic (exact) mass is 233 g/mol. The van der Waals surface area contributed by atoms with E-state index in [1.807, 2.05) is 18.4 Å². The summed E-state index contributed by atoms with van der Waals surface area (Å²) in [7, 11) is 2.79. The standard InChI is InChI=1S/C13H16NOP/c16-14-7-5-10(6-8-14)12-9-15-13-4-2-1-3-11(12)13/h1-4,9-10H,5-8,16H2. The van der Waals surface area contributed by atoms with E-state index in [1.54, 1.807) is 0 Å². The molecule has 0 radical (unpaired) electrons. The van der Waals surface area contributed by atoms with Gasteiger partial charge in [-0.3, -0.25) is 4.67 Å². The smallest absolute Gasteiger partial charge is 0.134 e. The van der Waals surface area contributed by atoms with Crippen LogP contribution in [0.25, 0.3) is 11.0 Å². The number of hydrogen-bond acceptors (Lipinski definition) is 2. The predicted octanol–water partition coefficient (Wildman–Crippen LogP) is 3.40. The fraction of sp³-hybridized carbons (Fsp3) is 0.385. The van der Waals surface area contributed by atoms with Crippen LogP contribution in [0.5, 0.6) is 0 Å². The molecule has 16 heavy (non-hydrogen) atoms. The second-order valence-corrected chi connectivity index (χ2v) is 5.23. The molecule has 1 aromatic heterocycles. The van der Waals surface area contributed by atoms with Crippen molar-refractivity contribution in [1.29, 1.82) is 0 Å². The Morgan fingerprint density at radius 1 is 1.19 bits per heavy atom. The first-order valence-corrected chi connectivity index (χ1v) is 6.32. The van der Waals surface area contributed by atoms with E-state index in [0.717, 1.165) is 18.7 Å². The van der Waals surface area contributed by atoms with Crippen LogP contribution in [0, 0.1) is 0 Å². The van der Waals surface area contributed by atoms with Crippen molar-refractivity contribution in [3.63, 3.8) is 0 Å². The molecule has 2 nitrogen and oxygen atoms in total. The number of fused-ring (bicyclic) bond motifs is 1. The number of benzene rings is 1. The lowest BCUT2D eigenvalue weighted by molar-refractivity contribution is 0.345. The highest BCUT2D eigenvalue weighted by Crippen LogP contribution is 2.34. The van der Waals surface area contributed by atoms with E-state index in [1.165, 1.54) is 23.8 Å². The summed E-state index contributed by atoms with van der Waals surface area (Å²) < 4.78 is 7.93. The molecule has 3 heteroatoms. The summed E-state index contributed by atoms with van der Waals surface area (Å²) in [6, 6.07) is 8.33. The maximum Gasteiger partial charge on any atom is 0.134 e. The van der Waals surface area contributed by atoms with Crippen molar-refractivity contribution >= 4 is 20.4 Å². The van der Waals surface area contributed by atoms with E-state index < -0.39 is 0 Å². The summed E-state index contributed by atoms with van der Waals surface area (Å²) in [4.78, 5) is 0. The van der Waals surface area contributed by atoms with Crippen LogP contribution in [0.3, 0.4) is 0 Å². The highest BCUT2D eigenvalue weighted by Gasteiger charge is 2.21. The quantitative estimate of drug-likeness (QED) is 0.702. The molecule has 1 fully saturated rings. The van der Waals surface area contributed by atoms with Crippen molar-refractivity contribution in [2.24, 2.45) is 0 Å². The Morgan fingerprint density at radius 2 is 1.94 bits per heavy atom. The Balaban J connectivity index is 1.94. The van der Waals surface area contributed by atoms with Crippen molar-refractivity contribution in [2.45, 2.75) is 18.8 Å². The average molecular weight is 233 g/mol. The maximum absolute atomic E-state index is 5.61. The number of hydrogen-bond donors (Lipinski definition) is 0. The molecular weight excluding hydrogens is 217 g/mol. The second kappa shape index (κ2) is 4.20. The van der Waals surface area contributed by atoms with Gasteiger partial charge in [0.1, 0.15) is 5.58 Å². The first kappa shape index (κ1) is 10.3. The zero-order chi connectivity index (χ0) is 11.0. The first-order valence-electron chi connectivity index (χ1n) is 5.80. The minimum absolute atomic E-state index is 0.667. The first-order chi connectivity index (χ1) is 7.84. The zero-order valence-electron chi connectivity index (χ0n) is 9.23. The summed E-state index contributed by atoms with van der Waals surface area (Å²) in [6.45, 7) is 2.32. The molecule has 2 aromatic rings. The van der Waals surface area contributed by atoms with Crippen molar-refractivity contribution in [1.82, 2.24) is 4.67 Å². The van der Waals surface area contributed by atoms with Gasteiger partial charge in [-0.15, -0.1) is 0 Å². The molecule has 1 saturated heterocycles. The normalized spacial score (nSPS) is 19.3. The van der Waals surface area contributed by atoms with E-state index in [0.29, 0.717) is 5.92 Å². The molecule has 0 aliphatic carbocycles. The van der Waals surface area contributed by atoms with Crippen LogP contribution in [0.15, 0.2) is 34.9 Å². The summed E-state index contributed by atoms with van der Waals surface area (Å²) in [5, 5.41) is 1.30. The molecule has 0 bridgehead atoms. The molecular formula is C13H16NOP. The van der Waals surface area contributed by atoms with Crippen molar-refractivity contribution in [3.8, 4) is 0 Å². The van der Waals surface area contributed by atoms with Gasteiger partial charge in [-0.2, -0.15) is 0 Å². The molecule has 1 atom stereocenters. The molecule has 0 N–H and O–H groups in total. The van der Waals surface area contributed by atoms with Crippen molar-refractivity contribution < 1.29 is 4.42 Å². The molecule has 2 heterocycles. The van der Waals surface area contributed by atoms with Gasteiger partial charge >= 0.3 is 0 Å². The third kappa shape index (κ3) is 1.77. The molecule has 84 valence electrons. The topological polar surface area (TPSA) is 16.4 Å². The highest BCUT2D eigenvalue weighted by atomic mass is 31.0. The predicted molar refractivity (Wildman–Crippen MR) is 69.5 cm³/mol. The SMILES string of the molecule is PN1CCC(c2coc3ccccc23)CC1. The minimum atomic E-state index is 0.667. The van der Waals surface area contributed by atoms with Gasteiger partial charge in [0.15, 0.2) is 0 Å². The minimum Gasteiger partial charge on any atom is -0.464 e. The van der Waals surface area contributed by atoms with Gasteiger partial charge in [0, 0.05) is 24.0 Å². The van der Waals surface area contributed by atoms with Crippen molar-refractivity contribution in [3.05, 3.63) is 36.1 Å². The zero-order valence-corrected chi connectivity index (χ0v) is 10.4. The molecule has 0 spiro atoms. The van der Waals surface area contributed by atoms with Gasteiger partial charge in [-0.25, -0.2) is 0 Å². The maximum atomic E-state index is 5.61. The van der Waals surface area contributed by atoms with E-state index in [2.05, 4.69) is 26.2 Å². The Bertz CT molecular complexity index is 485. The number of para-hydroxylation sites is 1. The van der Waals surface area contributed by atoms with Crippen LogP contribution in [0.2, 0.25) is 0 Å². The largest absolute Gasteiger partial charge is 0.464 e. The summed E-state index contributed by atoms with van der Waals surface area (Å²) in [6.07, 6.45) is 4.41. The number of rotatable bonds is 1. The molecule has 0 saturated carbocycles. The lowest BCUT2D eigenvalue weighted by Gasteiger charge is -2.28. The fourth-order valence-electron chi connectivity index (χ4n) is 2.52. The number of furan rings is 1. The van der Waals surface area contributed by atoms with Crippen LogP contribution in [-0.2, 0) is 0 Å². The van der Waals surface area contributed by atoms with E-state index >= 15 is 0 Å². The Labute approximate surface area is 97.9 Å². The van der Waals surface area contributed by atoms with Crippen LogP contribution in [-0.4, -0.2) is 17.8 Å². The highest BCUT2D eigenvalue weighted by molar-refractivity contribution is 7.13. The summed E-state index contributed by atoms with van der Waals surface area (Å²) >= 11 is 0. The van der Waals surface area contributed by atoms with Crippen LogP contribution < -0.4 is 0 Å². The van der Waals surface area contributed by atoms with Gasteiger partial charge < -0.3 is 4.42 Å². The number of piperidine rings is 1. The second-order valence-electron chi connectivity index (χ2n) is 4.50. The molecule has 3 rings (SSSR count). The van der Waals surface area contributed by atoms with Crippen LogP contribution >= 0.6 is 9.39 Å². The Morgan fingerprint density at radius 3 is 2.75 bits per heavy atom. The summed E-state index contributed by atoms with van der Waals surface area (Å²) in [5.74, 6) is 0.667. The van der Waals surface area contributed by atoms with Crippen LogP contribution in [0.4, 0.5) is 0 Å². The van der Waals surface area contributed by atoms with Gasteiger partial charge in [-0.05, 0) is 24.8 Å². The van der Waals surface area contributed by atoms with Crippen molar-refractivity contribution in [2.75, 3.05) is 13.1 Å². The molecule has 1 unspecified atom stereocenters. The van der Waals surface area contributed by atoms with E-state index in [-0.39, 0.29) is 0 Å². The van der Waals surface area contributed by atoms with E-state index in [4.69, 9.17) is 4.42 Å². The third-order valence-corrected chi connectivity index (χ3v) is 4.00. The summed E-state index contributed by atoms with van der Waals surface area (Å²) in [5.41, 5.74) is 2.42. The van der Waals surface area contributed by atoms with Gasteiger partial charge in [0.2, 0.25) is 0 Å². The Hall–Kier alpha value is -0.850. The molecule has 0 amide bonds. The lowest BCUT2D eigenvalue weighted by atomic mass is 9.90. The van der Waals surface area contributed by atoms with Gasteiger partial charge in [0.25, 0.3) is 0 Å². The average Bonchev–Trinajstić information content (AvgIpc) is 2.74. The number of nitrogens with zero attached hydrogens (tertiary/aromatic N) is 1.